The van der Waals surface area contributed by atoms with Gasteiger partial charge in [0.1, 0.15) is 4.90 Å². The number of nitrogens with zero attached hydrogens (tertiary/aromatic N) is 1. The van der Waals surface area contributed by atoms with Gasteiger partial charge in [-0.05, 0) is 24.5 Å². The molecule has 1 aromatic rings. The van der Waals surface area contributed by atoms with Crippen LogP contribution in [0.3, 0.4) is 0 Å². The van der Waals surface area contributed by atoms with Crippen LogP contribution in [0.5, 0.6) is 0 Å². The Labute approximate surface area is 117 Å². The van der Waals surface area contributed by atoms with Gasteiger partial charge in [-0.3, -0.25) is 9.59 Å². The number of benzene rings is 1. The first kappa shape index (κ1) is 14.7. The second kappa shape index (κ2) is 4.99. The number of fused-ring (bicyclic) bond motifs is 1. The van der Waals surface area contributed by atoms with Crippen molar-refractivity contribution in [2.45, 2.75) is 31.2 Å². The number of sulfonamides is 1. The summed E-state index contributed by atoms with van der Waals surface area (Å²) < 4.78 is 24.8. The molecule has 2 rings (SSSR count). The number of carbonyl (C=O) groups is 2. The van der Waals surface area contributed by atoms with E-state index in [9.17, 15) is 18.0 Å². The van der Waals surface area contributed by atoms with Crippen molar-refractivity contribution in [1.82, 2.24) is 4.31 Å². The maximum atomic E-state index is 12.3. The fourth-order valence-corrected chi connectivity index (χ4v) is 3.73. The van der Waals surface area contributed by atoms with E-state index in [0.29, 0.717) is 10.7 Å². The molecule has 1 aliphatic heterocycles. The molecule has 20 heavy (non-hydrogen) atoms. The maximum Gasteiger partial charge on any atom is 0.276 e. The van der Waals surface area contributed by atoms with Gasteiger partial charge in [0.2, 0.25) is 0 Å². The zero-order valence-electron chi connectivity index (χ0n) is 11.2. The Hall–Kier alpha value is -1.73. The fraction of sp³-hybridized carbons (Fsp3) is 0.385. The maximum absolute atomic E-state index is 12.3. The van der Waals surface area contributed by atoms with Crippen molar-refractivity contribution in [2.24, 2.45) is 11.7 Å². The minimum Gasteiger partial charge on any atom is -0.320 e. The Morgan fingerprint density at radius 2 is 1.90 bits per heavy atom. The summed E-state index contributed by atoms with van der Waals surface area (Å²) in [6.07, 6.45) is 0.314. The summed E-state index contributed by atoms with van der Waals surface area (Å²) in [5.41, 5.74) is 5.72. The molecule has 0 bridgehead atoms. The van der Waals surface area contributed by atoms with Crippen molar-refractivity contribution in [2.75, 3.05) is 0 Å². The second-order valence-electron chi connectivity index (χ2n) is 5.15. The summed E-state index contributed by atoms with van der Waals surface area (Å²) in [4.78, 5) is 24.1. The van der Waals surface area contributed by atoms with Crippen molar-refractivity contribution in [3.63, 3.8) is 0 Å². The molecule has 2 amide bonds. The van der Waals surface area contributed by atoms with E-state index in [-0.39, 0.29) is 16.4 Å². The zero-order valence-corrected chi connectivity index (χ0v) is 12.1. The third-order valence-electron chi connectivity index (χ3n) is 3.06. The standard InChI is InChI=1S/C13H16N2O4S/c1-8(2)7-10(14)13(17)15-12(16)9-5-3-4-6-11(9)20(15,18)19/h3-6,8,10H,7,14H2,1-2H3/t10-/m0/s1. The molecule has 108 valence electrons. The molecule has 0 saturated carbocycles. The summed E-state index contributed by atoms with van der Waals surface area (Å²) in [5, 5.41) is 0. The Bertz CT molecular complexity index is 667. The molecule has 0 unspecified atom stereocenters. The van der Waals surface area contributed by atoms with Crippen LogP contribution in [0.25, 0.3) is 0 Å². The first-order chi connectivity index (χ1) is 9.26. The molecule has 0 spiro atoms. The molecule has 0 aromatic heterocycles. The van der Waals surface area contributed by atoms with Crippen LogP contribution in [0.1, 0.15) is 30.6 Å². The highest BCUT2D eigenvalue weighted by Gasteiger charge is 2.46. The molecular formula is C13H16N2O4S. The molecule has 2 N–H and O–H groups in total. The minimum absolute atomic E-state index is 0.0117. The quantitative estimate of drug-likeness (QED) is 0.886. The van der Waals surface area contributed by atoms with Crippen molar-refractivity contribution in [3.05, 3.63) is 29.8 Å². The van der Waals surface area contributed by atoms with Gasteiger partial charge in [-0.15, -0.1) is 0 Å². The van der Waals surface area contributed by atoms with Crippen LogP contribution < -0.4 is 5.73 Å². The van der Waals surface area contributed by atoms with Crippen LogP contribution in [0.15, 0.2) is 29.2 Å². The van der Waals surface area contributed by atoms with Crippen LogP contribution in [-0.2, 0) is 14.8 Å². The SMILES string of the molecule is CC(C)C[C@H](N)C(=O)N1C(=O)c2ccccc2S1(=O)=O. The average Bonchev–Trinajstić information content (AvgIpc) is 2.56. The largest absolute Gasteiger partial charge is 0.320 e. The van der Waals surface area contributed by atoms with Gasteiger partial charge in [0.05, 0.1) is 11.6 Å². The predicted molar refractivity (Wildman–Crippen MR) is 72.2 cm³/mol. The molecule has 0 fully saturated rings. The predicted octanol–water partition coefficient (Wildman–Crippen LogP) is 0.731. The minimum atomic E-state index is -4.12. The first-order valence-electron chi connectivity index (χ1n) is 6.25. The van der Waals surface area contributed by atoms with Crippen LogP contribution in [0.2, 0.25) is 0 Å². The van der Waals surface area contributed by atoms with Crippen LogP contribution in [0, 0.1) is 5.92 Å². The zero-order chi connectivity index (χ0) is 15.1. The molecule has 1 atom stereocenters. The molecule has 0 aliphatic carbocycles. The molecule has 6 nitrogen and oxygen atoms in total. The summed E-state index contributed by atoms with van der Waals surface area (Å²) in [5.74, 6) is -1.58. The van der Waals surface area contributed by atoms with Crippen molar-refractivity contribution in [3.8, 4) is 0 Å². The van der Waals surface area contributed by atoms with Crippen LogP contribution >= 0.6 is 0 Å². The Morgan fingerprint density at radius 1 is 1.30 bits per heavy atom. The van der Waals surface area contributed by atoms with E-state index in [1.807, 2.05) is 13.8 Å². The summed E-state index contributed by atoms with van der Waals surface area (Å²) >= 11 is 0. The van der Waals surface area contributed by atoms with E-state index in [1.54, 1.807) is 6.07 Å². The third-order valence-corrected chi connectivity index (χ3v) is 4.80. The number of hydrogen-bond acceptors (Lipinski definition) is 5. The summed E-state index contributed by atoms with van der Waals surface area (Å²) in [7, 11) is -4.12. The molecule has 1 heterocycles. The molecule has 1 aliphatic rings. The lowest BCUT2D eigenvalue weighted by Crippen LogP contribution is -2.47. The van der Waals surface area contributed by atoms with E-state index >= 15 is 0 Å². The topological polar surface area (TPSA) is 97.5 Å². The normalized spacial score (nSPS) is 18.2. The van der Waals surface area contributed by atoms with Gasteiger partial charge in [-0.2, -0.15) is 4.31 Å². The lowest BCUT2D eigenvalue weighted by atomic mass is 10.0. The van der Waals surface area contributed by atoms with Gasteiger partial charge in [-0.1, -0.05) is 26.0 Å². The molecule has 0 radical (unpaired) electrons. The first-order valence-corrected chi connectivity index (χ1v) is 7.69. The highest BCUT2D eigenvalue weighted by molar-refractivity contribution is 7.90. The molecule has 1 aromatic carbocycles. The third kappa shape index (κ3) is 2.23. The summed E-state index contributed by atoms with van der Waals surface area (Å²) in [6.45, 7) is 3.73. The highest BCUT2D eigenvalue weighted by atomic mass is 32.2. The van der Waals surface area contributed by atoms with Crippen molar-refractivity contribution in [1.29, 1.82) is 0 Å². The lowest BCUT2D eigenvalue weighted by Gasteiger charge is -2.19. The van der Waals surface area contributed by atoms with Gasteiger partial charge in [-0.25, -0.2) is 8.42 Å². The molecule has 0 saturated heterocycles. The summed E-state index contributed by atoms with van der Waals surface area (Å²) in [6, 6.07) is 4.74. The Morgan fingerprint density at radius 3 is 2.45 bits per heavy atom. The van der Waals surface area contributed by atoms with E-state index < -0.39 is 27.9 Å². The fourth-order valence-electron chi connectivity index (χ4n) is 2.16. The van der Waals surface area contributed by atoms with Gasteiger partial charge >= 0.3 is 0 Å². The second-order valence-corrected chi connectivity index (χ2v) is 6.90. The number of nitrogens with two attached hydrogens (primary N) is 1. The van der Waals surface area contributed by atoms with Gasteiger partial charge < -0.3 is 5.73 Å². The Kier molecular flexibility index (Phi) is 3.66. The van der Waals surface area contributed by atoms with E-state index in [0.717, 1.165) is 0 Å². The highest BCUT2D eigenvalue weighted by Crippen LogP contribution is 2.30. The van der Waals surface area contributed by atoms with Crippen molar-refractivity contribution >= 4 is 21.8 Å². The van der Waals surface area contributed by atoms with Crippen LogP contribution in [-0.4, -0.2) is 30.6 Å². The average molecular weight is 296 g/mol. The van der Waals surface area contributed by atoms with Gasteiger partial charge in [0, 0.05) is 0 Å². The number of rotatable bonds is 3. The van der Waals surface area contributed by atoms with Gasteiger partial charge in [0.25, 0.3) is 21.8 Å². The van der Waals surface area contributed by atoms with Crippen LogP contribution in [0.4, 0.5) is 0 Å². The Balaban J connectivity index is 2.41. The number of imide groups is 1. The van der Waals surface area contributed by atoms with E-state index in [1.165, 1.54) is 18.2 Å². The number of hydrogen-bond donors (Lipinski definition) is 1. The number of carbonyl (C=O) groups excluding carboxylic acids is 2. The smallest absolute Gasteiger partial charge is 0.276 e. The van der Waals surface area contributed by atoms with E-state index in [4.69, 9.17) is 5.73 Å². The lowest BCUT2D eigenvalue weighted by molar-refractivity contribution is -0.126. The van der Waals surface area contributed by atoms with Crippen molar-refractivity contribution < 1.29 is 18.0 Å². The number of amides is 2. The monoisotopic (exact) mass is 296 g/mol. The van der Waals surface area contributed by atoms with E-state index in [2.05, 4.69) is 0 Å². The van der Waals surface area contributed by atoms with Gasteiger partial charge in [0.15, 0.2) is 0 Å². The molecular weight excluding hydrogens is 280 g/mol. The molecule has 7 heteroatoms.